The molecule has 33 heavy (non-hydrogen) atoms. The van der Waals surface area contributed by atoms with Crippen LogP contribution in [0.1, 0.15) is 19.8 Å². The molecule has 0 aliphatic carbocycles. The minimum atomic E-state index is -0.396. The Balaban J connectivity index is 1.50. The van der Waals surface area contributed by atoms with Gasteiger partial charge in [-0.3, -0.25) is 9.36 Å². The first-order valence-electron chi connectivity index (χ1n) is 11.0. The third kappa shape index (κ3) is 5.72. The molecule has 2 heterocycles. The smallest absolute Gasteiger partial charge is 0.237 e. The summed E-state index contributed by atoms with van der Waals surface area (Å²) in [6, 6.07) is 13.9. The second-order valence-corrected chi connectivity index (χ2v) is 9.56. The van der Waals surface area contributed by atoms with Crippen molar-refractivity contribution in [2.75, 3.05) is 30.9 Å². The Hall–Kier alpha value is -2.91. The maximum atomic E-state index is 13.4. The van der Waals surface area contributed by atoms with Crippen LogP contribution >= 0.6 is 11.8 Å². The summed E-state index contributed by atoms with van der Waals surface area (Å²) >= 11 is 1.35. The molecule has 0 spiro atoms. The molecule has 1 fully saturated rings. The first-order valence-corrected chi connectivity index (χ1v) is 11.8. The molecule has 0 unspecified atom stereocenters. The summed E-state index contributed by atoms with van der Waals surface area (Å²) in [4.78, 5) is 14.8. The van der Waals surface area contributed by atoms with Crippen LogP contribution in [0.2, 0.25) is 0 Å². The number of thioether (sulfide) groups is 1. The van der Waals surface area contributed by atoms with E-state index >= 15 is 0 Å². The zero-order valence-electron chi connectivity index (χ0n) is 19.0. The lowest BCUT2D eigenvalue weighted by Gasteiger charge is -2.17. The predicted molar refractivity (Wildman–Crippen MR) is 129 cm³/mol. The van der Waals surface area contributed by atoms with Gasteiger partial charge in [-0.05, 0) is 68.3 Å². The number of anilines is 2. The predicted octanol–water partition coefficient (Wildman–Crippen LogP) is 4.45. The van der Waals surface area contributed by atoms with Gasteiger partial charge in [0.05, 0.1) is 17.9 Å². The summed E-state index contributed by atoms with van der Waals surface area (Å²) in [7, 11) is 3.94. The van der Waals surface area contributed by atoms with Crippen LogP contribution < -0.4 is 10.2 Å². The Morgan fingerprint density at radius 2 is 1.94 bits per heavy atom. The molecule has 4 rings (SSSR count). The van der Waals surface area contributed by atoms with E-state index in [0.717, 1.165) is 36.4 Å². The second-order valence-electron chi connectivity index (χ2n) is 8.25. The molecule has 0 radical (unpaired) electrons. The third-order valence-electron chi connectivity index (χ3n) is 5.53. The lowest BCUT2D eigenvalue weighted by Crippen LogP contribution is -2.23. The van der Waals surface area contributed by atoms with E-state index < -0.39 is 5.25 Å². The highest BCUT2D eigenvalue weighted by Gasteiger charge is 2.24. The number of hydrogen-bond donors (Lipinski definition) is 1. The Morgan fingerprint density at radius 1 is 1.21 bits per heavy atom. The van der Waals surface area contributed by atoms with Gasteiger partial charge >= 0.3 is 0 Å². The van der Waals surface area contributed by atoms with Crippen LogP contribution in [0.3, 0.4) is 0 Å². The highest BCUT2D eigenvalue weighted by atomic mass is 32.2. The van der Waals surface area contributed by atoms with Gasteiger partial charge in [0.1, 0.15) is 5.82 Å². The van der Waals surface area contributed by atoms with Gasteiger partial charge in [0, 0.05) is 37.6 Å². The van der Waals surface area contributed by atoms with Gasteiger partial charge in [-0.25, -0.2) is 4.39 Å². The summed E-state index contributed by atoms with van der Waals surface area (Å²) in [5.74, 6) is 0.218. The zero-order chi connectivity index (χ0) is 23.4. The fourth-order valence-electron chi connectivity index (χ4n) is 3.64. The molecule has 0 bridgehead atoms. The first-order chi connectivity index (χ1) is 15.9. The molecule has 1 saturated heterocycles. The molecule has 3 aromatic rings. The molecule has 1 N–H and O–H groups in total. The van der Waals surface area contributed by atoms with Crippen LogP contribution in [-0.2, 0) is 16.1 Å². The van der Waals surface area contributed by atoms with Gasteiger partial charge in [-0.1, -0.05) is 11.8 Å². The number of benzene rings is 2. The average Bonchev–Trinajstić information content (AvgIpc) is 3.45. The highest BCUT2D eigenvalue weighted by Crippen LogP contribution is 2.29. The Bertz CT molecular complexity index is 1080. The SMILES string of the molecule is C[C@H](Sc1nnc(-c2ccc(F)cc2)n1C[C@H]1CCCO1)C(=O)Nc1ccc(N(C)C)cc1. The Kier molecular flexibility index (Phi) is 7.29. The maximum absolute atomic E-state index is 13.4. The largest absolute Gasteiger partial charge is 0.378 e. The van der Waals surface area contributed by atoms with Gasteiger partial charge in [0.15, 0.2) is 11.0 Å². The van der Waals surface area contributed by atoms with Crippen molar-refractivity contribution in [3.8, 4) is 11.4 Å². The standard InChI is InChI=1S/C24H28FN5O2S/c1-16(23(31)26-19-10-12-20(13-11-19)29(2)3)33-24-28-27-22(17-6-8-18(25)9-7-17)30(24)15-21-5-4-14-32-21/h6-13,16,21H,4-5,14-15H2,1-3H3,(H,26,31)/t16-,21+/m0/s1. The fourth-order valence-corrected chi connectivity index (χ4v) is 4.50. The van der Waals surface area contributed by atoms with Crippen LogP contribution in [0, 0.1) is 5.82 Å². The monoisotopic (exact) mass is 469 g/mol. The molecule has 7 nitrogen and oxygen atoms in total. The van der Waals surface area contributed by atoms with E-state index in [4.69, 9.17) is 4.74 Å². The summed E-state index contributed by atoms with van der Waals surface area (Å²) in [6.07, 6.45) is 2.05. The Labute approximate surface area is 197 Å². The molecule has 1 aliphatic heterocycles. The highest BCUT2D eigenvalue weighted by molar-refractivity contribution is 8.00. The summed E-state index contributed by atoms with van der Waals surface area (Å²) < 4.78 is 21.2. The van der Waals surface area contributed by atoms with Crippen LogP contribution in [-0.4, -0.2) is 52.7 Å². The zero-order valence-corrected chi connectivity index (χ0v) is 19.8. The van der Waals surface area contributed by atoms with E-state index in [1.165, 1.54) is 23.9 Å². The number of nitrogens with zero attached hydrogens (tertiary/aromatic N) is 4. The number of amides is 1. The summed E-state index contributed by atoms with van der Waals surface area (Å²) in [5, 5.41) is 11.9. The lowest BCUT2D eigenvalue weighted by atomic mass is 10.2. The van der Waals surface area contributed by atoms with Crippen molar-refractivity contribution in [2.24, 2.45) is 0 Å². The number of carbonyl (C=O) groups excluding carboxylic acids is 1. The lowest BCUT2D eigenvalue weighted by molar-refractivity contribution is -0.115. The van der Waals surface area contributed by atoms with Gasteiger partial charge in [0.25, 0.3) is 0 Å². The van der Waals surface area contributed by atoms with E-state index in [1.807, 2.05) is 54.8 Å². The topological polar surface area (TPSA) is 72.3 Å². The normalized spacial score (nSPS) is 16.5. The van der Waals surface area contributed by atoms with Crippen molar-refractivity contribution in [1.29, 1.82) is 0 Å². The van der Waals surface area contributed by atoms with E-state index in [0.29, 0.717) is 17.5 Å². The van der Waals surface area contributed by atoms with E-state index in [2.05, 4.69) is 15.5 Å². The quantitative estimate of drug-likeness (QED) is 0.492. The minimum absolute atomic E-state index is 0.0684. The van der Waals surface area contributed by atoms with Crippen LogP contribution in [0.4, 0.5) is 15.8 Å². The van der Waals surface area contributed by atoms with Crippen molar-refractivity contribution in [1.82, 2.24) is 14.8 Å². The number of nitrogens with one attached hydrogen (secondary N) is 1. The van der Waals surface area contributed by atoms with Gasteiger partial charge in [-0.2, -0.15) is 0 Å². The van der Waals surface area contributed by atoms with E-state index in [-0.39, 0.29) is 17.8 Å². The maximum Gasteiger partial charge on any atom is 0.237 e. The van der Waals surface area contributed by atoms with Crippen LogP contribution in [0.15, 0.2) is 53.7 Å². The van der Waals surface area contributed by atoms with Crippen LogP contribution in [0.5, 0.6) is 0 Å². The second kappa shape index (κ2) is 10.4. The number of hydrogen-bond acceptors (Lipinski definition) is 6. The van der Waals surface area contributed by atoms with Crippen molar-refractivity contribution >= 4 is 29.0 Å². The number of carbonyl (C=O) groups is 1. The number of rotatable bonds is 8. The molecular weight excluding hydrogens is 441 g/mol. The first kappa shape index (κ1) is 23.3. The van der Waals surface area contributed by atoms with Crippen LogP contribution in [0.25, 0.3) is 11.4 Å². The molecule has 1 amide bonds. The van der Waals surface area contributed by atoms with Crippen molar-refractivity contribution in [3.63, 3.8) is 0 Å². The molecule has 1 aliphatic rings. The molecule has 0 saturated carbocycles. The number of halogens is 1. The molecule has 2 aromatic carbocycles. The van der Waals surface area contributed by atoms with Gasteiger partial charge in [-0.15, -0.1) is 10.2 Å². The molecule has 1 aromatic heterocycles. The van der Waals surface area contributed by atoms with Crippen molar-refractivity contribution < 1.29 is 13.9 Å². The van der Waals surface area contributed by atoms with Crippen molar-refractivity contribution in [2.45, 2.75) is 42.8 Å². The summed E-state index contributed by atoms with van der Waals surface area (Å²) in [5.41, 5.74) is 2.57. The molecule has 2 atom stereocenters. The molecule has 9 heteroatoms. The third-order valence-corrected chi connectivity index (χ3v) is 6.61. The molecule has 174 valence electrons. The number of ether oxygens (including phenoxy) is 1. The van der Waals surface area contributed by atoms with E-state index in [1.54, 1.807) is 12.1 Å². The summed E-state index contributed by atoms with van der Waals surface area (Å²) in [6.45, 7) is 3.17. The fraction of sp³-hybridized carbons (Fsp3) is 0.375. The molecular formula is C24H28FN5O2S. The number of aromatic nitrogens is 3. The van der Waals surface area contributed by atoms with Gasteiger partial charge < -0.3 is 15.0 Å². The van der Waals surface area contributed by atoms with E-state index in [9.17, 15) is 9.18 Å². The van der Waals surface area contributed by atoms with Crippen molar-refractivity contribution in [3.05, 3.63) is 54.3 Å². The average molecular weight is 470 g/mol. The Morgan fingerprint density at radius 3 is 2.58 bits per heavy atom. The van der Waals surface area contributed by atoms with Gasteiger partial charge in [0.2, 0.25) is 5.91 Å². The minimum Gasteiger partial charge on any atom is -0.378 e.